The first-order valence-corrected chi connectivity index (χ1v) is 11.5. The van der Waals surface area contributed by atoms with Crippen LogP contribution in [-0.2, 0) is 10.0 Å². The van der Waals surface area contributed by atoms with Crippen LogP contribution in [0.15, 0.2) is 41.6 Å². The van der Waals surface area contributed by atoms with Crippen molar-refractivity contribution in [3.63, 3.8) is 0 Å². The molecule has 5 nitrogen and oxygen atoms in total. The van der Waals surface area contributed by atoms with Gasteiger partial charge in [-0.3, -0.25) is 4.98 Å². The number of nitrogens with zero attached hydrogens (tertiary/aromatic N) is 2. The minimum atomic E-state index is -3.47. The van der Waals surface area contributed by atoms with E-state index in [9.17, 15) is 8.42 Å². The third-order valence-corrected chi connectivity index (χ3v) is 7.63. The number of hydrogen-bond donors (Lipinski definition) is 1. The van der Waals surface area contributed by atoms with E-state index >= 15 is 0 Å². The van der Waals surface area contributed by atoms with Crippen molar-refractivity contribution in [2.75, 3.05) is 19.6 Å². The van der Waals surface area contributed by atoms with E-state index in [0.29, 0.717) is 24.5 Å². The standard InChI is InChI=1S/C14H17N3O2S.C7H14/c1-11-9-16-7-8-17(11)20(18,19)14-4-2-3-12-10-15-6-5-13(12)14;1-7-5-3-2-4-6-7/h2-6,10-11,16H,7-9H2,1H3;7H,2-6H2,1H3. The summed E-state index contributed by atoms with van der Waals surface area (Å²) in [6.07, 6.45) is 10.8. The van der Waals surface area contributed by atoms with Crippen LogP contribution in [0.4, 0.5) is 0 Å². The summed E-state index contributed by atoms with van der Waals surface area (Å²) in [6, 6.07) is 7.04. The predicted octanol–water partition coefficient (Wildman–Crippen LogP) is 3.80. The second kappa shape index (κ2) is 9.13. The maximum Gasteiger partial charge on any atom is 0.244 e. The van der Waals surface area contributed by atoms with E-state index in [0.717, 1.165) is 16.7 Å². The summed E-state index contributed by atoms with van der Waals surface area (Å²) < 4.78 is 27.4. The van der Waals surface area contributed by atoms with Crippen LogP contribution >= 0.6 is 0 Å². The molecule has 2 aliphatic rings. The molecule has 2 heterocycles. The number of piperazine rings is 1. The highest BCUT2D eigenvalue weighted by Crippen LogP contribution is 2.26. The molecule has 0 amide bonds. The zero-order valence-electron chi connectivity index (χ0n) is 16.4. The summed E-state index contributed by atoms with van der Waals surface area (Å²) in [5.41, 5.74) is 0. The number of sulfonamides is 1. The van der Waals surface area contributed by atoms with E-state index in [1.807, 2.05) is 13.0 Å². The topological polar surface area (TPSA) is 62.3 Å². The van der Waals surface area contributed by atoms with E-state index in [1.54, 1.807) is 34.9 Å². The molecule has 0 radical (unpaired) electrons. The van der Waals surface area contributed by atoms with Crippen LogP contribution in [0, 0.1) is 5.92 Å². The maximum absolute atomic E-state index is 12.9. The molecular formula is C21H31N3O2S. The van der Waals surface area contributed by atoms with Crippen molar-refractivity contribution in [1.29, 1.82) is 0 Å². The minimum Gasteiger partial charge on any atom is -0.314 e. The zero-order valence-corrected chi connectivity index (χ0v) is 17.2. The Labute approximate surface area is 163 Å². The summed E-state index contributed by atoms with van der Waals surface area (Å²) in [5, 5.41) is 4.78. The zero-order chi connectivity index (χ0) is 19.3. The summed E-state index contributed by atoms with van der Waals surface area (Å²) in [6.45, 7) is 6.17. The maximum atomic E-state index is 12.9. The highest BCUT2D eigenvalue weighted by atomic mass is 32.2. The number of pyridine rings is 1. The van der Waals surface area contributed by atoms with Crippen molar-refractivity contribution >= 4 is 20.8 Å². The number of benzene rings is 1. The number of hydrogen-bond acceptors (Lipinski definition) is 4. The molecule has 1 aliphatic carbocycles. The van der Waals surface area contributed by atoms with Gasteiger partial charge in [0, 0.05) is 48.8 Å². The van der Waals surface area contributed by atoms with Gasteiger partial charge in [-0.25, -0.2) is 8.42 Å². The lowest BCUT2D eigenvalue weighted by molar-refractivity contribution is 0.284. The lowest BCUT2D eigenvalue weighted by Gasteiger charge is -2.33. The van der Waals surface area contributed by atoms with Gasteiger partial charge >= 0.3 is 0 Å². The average molecular weight is 390 g/mol. The van der Waals surface area contributed by atoms with Gasteiger partial charge in [0.15, 0.2) is 0 Å². The van der Waals surface area contributed by atoms with Crippen molar-refractivity contribution in [2.45, 2.75) is 56.9 Å². The van der Waals surface area contributed by atoms with E-state index in [2.05, 4.69) is 17.2 Å². The second-order valence-corrected chi connectivity index (χ2v) is 9.62. The molecule has 27 heavy (non-hydrogen) atoms. The molecule has 1 saturated carbocycles. The van der Waals surface area contributed by atoms with Crippen LogP contribution < -0.4 is 5.32 Å². The van der Waals surface area contributed by atoms with Crippen molar-refractivity contribution in [1.82, 2.24) is 14.6 Å². The molecule has 1 N–H and O–H groups in total. The van der Waals surface area contributed by atoms with Gasteiger partial charge in [-0.1, -0.05) is 51.2 Å². The Balaban J connectivity index is 0.000000253. The van der Waals surface area contributed by atoms with Crippen molar-refractivity contribution in [2.24, 2.45) is 5.92 Å². The van der Waals surface area contributed by atoms with E-state index in [-0.39, 0.29) is 6.04 Å². The number of aromatic nitrogens is 1. The molecule has 2 aromatic rings. The summed E-state index contributed by atoms with van der Waals surface area (Å²) in [7, 11) is -3.47. The fourth-order valence-electron chi connectivity index (χ4n) is 3.93. The van der Waals surface area contributed by atoms with E-state index in [4.69, 9.17) is 0 Å². The fraction of sp³-hybridized carbons (Fsp3) is 0.571. The van der Waals surface area contributed by atoms with Crippen LogP contribution in [0.1, 0.15) is 46.0 Å². The Bertz CT molecular complexity index is 842. The van der Waals surface area contributed by atoms with E-state index < -0.39 is 10.0 Å². The van der Waals surface area contributed by atoms with Gasteiger partial charge in [0.05, 0.1) is 4.90 Å². The molecule has 1 aromatic heterocycles. The first-order valence-electron chi connectivity index (χ1n) is 10.1. The van der Waals surface area contributed by atoms with Crippen LogP contribution in [0.2, 0.25) is 0 Å². The van der Waals surface area contributed by atoms with Crippen LogP contribution in [0.5, 0.6) is 0 Å². The lowest BCUT2D eigenvalue weighted by atomic mass is 9.91. The van der Waals surface area contributed by atoms with Crippen molar-refractivity contribution in [3.8, 4) is 0 Å². The van der Waals surface area contributed by atoms with Crippen LogP contribution in [0.25, 0.3) is 10.8 Å². The first-order chi connectivity index (χ1) is 13.0. The van der Waals surface area contributed by atoms with Crippen LogP contribution in [-0.4, -0.2) is 43.4 Å². The Morgan fingerprint density at radius 3 is 2.56 bits per heavy atom. The molecule has 148 valence electrons. The van der Waals surface area contributed by atoms with Gasteiger partial charge in [0.2, 0.25) is 10.0 Å². The average Bonchev–Trinajstić information content (AvgIpc) is 2.69. The molecule has 2 fully saturated rings. The molecule has 1 atom stereocenters. The lowest BCUT2D eigenvalue weighted by Crippen LogP contribution is -2.52. The SMILES string of the molecule is CC1CCCCC1.CC1CNCCN1S(=O)(=O)c1cccc2cnccc12. The predicted molar refractivity (Wildman–Crippen MR) is 110 cm³/mol. The van der Waals surface area contributed by atoms with Crippen molar-refractivity contribution < 1.29 is 8.42 Å². The largest absolute Gasteiger partial charge is 0.314 e. The van der Waals surface area contributed by atoms with E-state index in [1.165, 1.54) is 32.1 Å². The smallest absolute Gasteiger partial charge is 0.244 e. The van der Waals surface area contributed by atoms with Gasteiger partial charge < -0.3 is 5.32 Å². The van der Waals surface area contributed by atoms with Crippen molar-refractivity contribution in [3.05, 3.63) is 36.7 Å². The Hall–Kier alpha value is -1.50. The Kier molecular flexibility index (Phi) is 6.84. The molecule has 0 bridgehead atoms. The summed E-state index contributed by atoms with van der Waals surface area (Å²) in [4.78, 5) is 4.41. The van der Waals surface area contributed by atoms with Gasteiger partial charge in [-0.15, -0.1) is 0 Å². The van der Waals surface area contributed by atoms with Gasteiger partial charge in [-0.2, -0.15) is 4.31 Å². The Morgan fingerprint density at radius 2 is 1.89 bits per heavy atom. The molecule has 1 aromatic carbocycles. The third-order valence-electron chi connectivity index (χ3n) is 5.56. The van der Waals surface area contributed by atoms with Gasteiger partial charge in [0.25, 0.3) is 0 Å². The molecular weight excluding hydrogens is 358 g/mol. The summed E-state index contributed by atoms with van der Waals surface area (Å²) in [5.74, 6) is 1.04. The second-order valence-electron chi connectivity index (χ2n) is 7.77. The monoisotopic (exact) mass is 389 g/mol. The number of rotatable bonds is 2. The molecule has 0 spiro atoms. The molecule has 4 rings (SSSR count). The summed E-state index contributed by atoms with van der Waals surface area (Å²) >= 11 is 0. The normalized spacial score (nSPS) is 22.2. The van der Waals surface area contributed by atoms with Gasteiger partial charge in [-0.05, 0) is 25.0 Å². The molecule has 1 saturated heterocycles. The first kappa shape index (κ1) is 20.2. The minimum absolute atomic E-state index is 0.0363. The molecule has 1 aliphatic heterocycles. The highest BCUT2D eigenvalue weighted by Gasteiger charge is 2.31. The fourth-order valence-corrected chi connectivity index (χ4v) is 5.78. The highest BCUT2D eigenvalue weighted by molar-refractivity contribution is 7.89. The quantitative estimate of drug-likeness (QED) is 0.848. The molecule has 1 unspecified atom stereocenters. The number of fused-ring (bicyclic) bond motifs is 1. The van der Waals surface area contributed by atoms with Crippen LogP contribution in [0.3, 0.4) is 0 Å². The third kappa shape index (κ3) is 4.86. The van der Waals surface area contributed by atoms with Gasteiger partial charge in [0.1, 0.15) is 0 Å². The molecule has 6 heteroatoms. The number of nitrogens with one attached hydrogen (secondary N) is 1. The Morgan fingerprint density at radius 1 is 1.11 bits per heavy atom.